The van der Waals surface area contributed by atoms with Crippen molar-refractivity contribution in [3.8, 4) is 0 Å². The van der Waals surface area contributed by atoms with Crippen molar-refractivity contribution in [2.45, 2.75) is 19.4 Å². The molecule has 1 aliphatic heterocycles. The number of rotatable bonds is 4. The Balaban J connectivity index is 2.00. The van der Waals surface area contributed by atoms with Crippen LogP contribution >= 0.6 is 15.9 Å². The number of nitrogens with one attached hydrogen (secondary N) is 2. The molecule has 2 aromatic rings. The first-order valence-corrected chi connectivity index (χ1v) is 8.30. The summed E-state index contributed by atoms with van der Waals surface area (Å²) in [7, 11) is 0. The number of piperazine rings is 1. The summed E-state index contributed by atoms with van der Waals surface area (Å²) < 4.78 is 1.13. The molecule has 4 heteroatoms. The van der Waals surface area contributed by atoms with E-state index < -0.39 is 0 Å². The molecule has 2 N–H and O–H groups in total. The summed E-state index contributed by atoms with van der Waals surface area (Å²) in [6.07, 6.45) is 3.19. The van der Waals surface area contributed by atoms with E-state index >= 15 is 0 Å². The van der Waals surface area contributed by atoms with Crippen molar-refractivity contribution in [3.05, 3.63) is 46.6 Å². The van der Waals surface area contributed by atoms with Crippen LogP contribution in [0.4, 0.5) is 0 Å². The Morgan fingerprint density at radius 1 is 1.38 bits per heavy atom. The Labute approximate surface area is 134 Å². The van der Waals surface area contributed by atoms with Gasteiger partial charge in [0.25, 0.3) is 0 Å². The molecule has 1 saturated heterocycles. The van der Waals surface area contributed by atoms with Gasteiger partial charge < -0.3 is 10.3 Å². The van der Waals surface area contributed by atoms with E-state index in [0.717, 1.165) is 37.1 Å². The quantitative estimate of drug-likeness (QED) is 0.823. The Bertz CT molecular complexity index is 641. The number of nitrogens with zero attached hydrogens (tertiary/aromatic N) is 1. The van der Waals surface area contributed by atoms with Crippen molar-refractivity contribution >= 4 is 26.8 Å². The molecule has 0 unspecified atom stereocenters. The van der Waals surface area contributed by atoms with Crippen LogP contribution in [0.3, 0.4) is 0 Å². The molecule has 3 rings (SSSR count). The van der Waals surface area contributed by atoms with Crippen LogP contribution in [0.5, 0.6) is 0 Å². The fourth-order valence-electron chi connectivity index (χ4n) is 3.15. The molecule has 21 heavy (non-hydrogen) atoms. The number of hydrogen-bond donors (Lipinski definition) is 2. The van der Waals surface area contributed by atoms with Gasteiger partial charge in [0.1, 0.15) is 0 Å². The lowest BCUT2D eigenvalue weighted by atomic mass is 9.97. The number of aromatic amines is 1. The highest BCUT2D eigenvalue weighted by atomic mass is 79.9. The highest BCUT2D eigenvalue weighted by Crippen LogP contribution is 2.34. The smallest absolute Gasteiger partial charge is 0.0458 e. The Morgan fingerprint density at radius 3 is 2.86 bits per heavy atom. The molecule has 1 aliphatic rings. The van der Waals surface area contributed by atoms with Crippen LogP contribution in [0.1, 0.15) is 24.9 Å². The van der Waals surface area contributed by atoms with Gasteiger partial charge in [-0.15, -0.1) is 6.58 Å². The van der Waals surface area contributed by atoms with Gasteiger partial charge in [-0.05, 0) is 37.1 Å². The zero-order chi connectivity index (χ0) is 14.8. The Morgan fingerprint density at radius 2 is 2.14 bits per heavy atom. The van der Waals surface area contributed by atoms with Crippen molar-refractivity contribution in [1.29, 1.82) is 0 Å². The van der Waals surface area contributed by atoms with Crippen LogP contribution in [0.15, 0.2) is 41.0 Å². The standard InChI is InChI=1S/C17H22BrN3/c1-12(2)9-17(21-7-5-19-6-8-21)15-11-20-16-4-3-13(18)10-14(15)16/h3-4,10-11,17,19-20H,1,5-9H2,2H3/t17-/m0/s1. The minimum absolute atomic E-state index is 0.410. The zero-order valence-corrected chi connectivity index (χ0v) is 14.0. The van der Waals surface area contributed by atoms with E-state index in [1.54, 1.807) is 0 Å². The summed E-state index contributed by atoms with van der Waals surface area (Å²) in [5.74, 6) is 0. The molecule has 0 bridgehead atoms. The van der Waals surface area contributed by atoms with Crippen molar-refractivity contribution in [1.82, 2.24) is 15.2 Å². The second kappa shape index (κ2) is 6.34. The number of benzene rings is 1. The molecule has 0 spiro atoms. The minimum atomic E-state index is 0.410. The molecule has 0 aliphatic carbocycles. The third kappa shape index (κ3) is 3.23. The van der Waals surface area contributed by atoms with Gasteiger partial charge in [0.2, 0.25) is 0 Å². The molecule has 0 radical (unpaired) electrons. The Kier molecular flexibility index (Phi) is 4.48. The van der Waals surface area contributed by atoms with E-state index in [1.807, 2.05) is 0 Å². The van der Waals surface area contributed by atoms with E-state index in [9.17, 15) is 0 Å². The van der Waals surface area contributed by atoms with Crippen molar-refractivity contribution < 1.29 is 0 Å². The fourth-order valence-corrected chi connectivity index (χ4v) is 3.51. The topological polar surface area (TPSA) is 31.1 Å². The molecule has 0 amide bonds. The molecule has 1 atom stereocenters. The number of aromatic nitrogens is 1. The lowest BCUT2D eigenvalue weighted by Gasteiger charge is -2.35. The van der Waals surface area contributed by atoms with Crippen LogP contribution < -0.4 is 5.32 Å². The molecule has 3 nitrogen and oxygen atoms in total. The predicted molar refractivity (Wildman–Crippen MR) is 92.6 cm³/mol. The van der Waals surface area contributed by atoms with Crippen molar-refractivity contribution in [2.75, 3.05) is 26.2 Å². The lowest BCUT2D eigenvalue weighted by Crippen LogP contribution is -2.45. The fraction of sp³-hybridized carbons (Fsp3) is 0.412. The number of halogens is 1. The van der Waals surface area contributed by atoms with Gasteiger partial charge in [0.15, 0.2) is 0 Å². The molecular weight excluding hydrogens is 326 g/mol. The Hall–Kier alpha value is -1.10. The van der Waals surface area contributed by atoms with Gasteiger partial charge in [0.05, 0.1) is 0 Å². The van der Waals surface area contributed by atoms with Gasteiger partial charge in [0, 0.05) is 53.8 Å². The van der Waals surface area contributed by atoms with Gasteiger partial charge in [-0.2, -0.15) is 0 Å². The van der Waals surface area contributed by atoms with Crippen LogP contribution in [0.2, 0.25) is 0 Å². The van der Waals surface area contributed by atoms with E-state index in [0.29, 0.717) is 6.04 Å². The average molecular weight is 348 g/mol. The first-order chi connectivity index (χ1) is 10.1. The summed E-state index contributed by atoms with van der Waals surface area (Å²) in [6.45, 7) is 10.6. The summed E-state index contributed by atoms with van der Waals surface area (Å²) in [5.41, 5.74) is 3.83. The van der Waals surface area contributed by atoms with E-state index in [4.69, 9.17) is 0 Å². The highest BCUT2D eigenvalue weighted by molar-refractivity contribution is 9.10. The largest absolute Gasteiger partial charge is 0.361 e. The summed E-state index contributed by atoms with van der Waals surface area (Å²) >= 11 is 3.59. The number of hydrogen-bond acceptors (Lipinski definition) is 2. The number of fused-ring (bicyclic) bond motifs is 1. The van der Waals surface area contributed by atoms with E-state index in [-0.39, 0.29) is 0 Å². The average Bonchev–Trinajstić information content (AvgIpc) is 2.88. The SMILES string of the molecule is C=C(C)C[C@@H](c1c[nH]c2ccc(Br)cc12)N1CCNCC1. The summed E-state index contributed by atoms with van der Waals surface area (Å²) in [6, 6.07) is 6.85. The van der Waals surface area contributed by atoms with Crippen LogP contribution in [0, 0.1) is 0 Å². The molecule has 1 fully saturated rings. The van der Waals surface area contributed by atoms with Crippen LogP contribution in [-0.4, -0.2) is 36.1 Å². The van der Waals surface area contributed by atoms with E-state index in [1.165, 1.54) is 22.0 Å². The second-order valence-electron chi connectivity index (χ2n) is 5.90. The predicted octanol–water partition coefficient (Wildman–Crippen LogP) is 3.84. The maximum absolute atomic E-state index is 4.14. The van der Waals surface area contributed by atoms with E-state index in [2.05, 4.69) is 69.0 Å². The molecule has 112 valence electrons. The van der Waals surface area contributed by atoms with Crippen molar-refractivity contribution in [3.63, 3.8) is 0 Å². The minimum Gasteiger partial charge on any atom is -0.361 e. The van der Waals surface area contributed by atoms with Gasteiger partial charge >= 0.3 is 0 Å². The normalized spacial score (nSPS) is 18.0. The van der Waals surface area contributed by atoms with Gasteiger partial charge in [-0.1, -0.05) is 21.5 Å². The third-order valence-electron chi connectivity index (χ3n) is 4.17. The first-order valence-electron chi connectivity index (χ1n) is 7.51. The summed E-state index contributed by atoms with van der Waals surface area (Å²) in [5, 5.41) is 4.75. The van der Waals surface area contributed by atoms with Crippen LogP contribution in [0.25, 0.3) is 10.9 Å². The van der Waals surface area contributed by atoms with Gasteiger partial charge in [-0.3, -0.25) is 4.90 Å². The maximum atomic E-state index is 4.14. The highest BCUT2D eigenvalue weighted by Gasteiger charge is 2.24. The summed E-state index contributed by atoms with van der Waals surface area (Å²) in [4.78, 5) is 5.99. The molecular formula is C17H22BrN3. The first kappa shape index (κ1) is 14.8. The zero-order valence-electron chi connectivity index (χ0n) is 12.5. The lowest BCUT2D eigenvalue weighted by molar-refractivity contribution is 0.173. The molecule has 1 aromatic carbocycles. The van der Waals surface area contributed by atoms with Gasteiger partial charge in [-0.25, -0.2) is 0 Å². The molecule has 1 aromatic heterocycles. The molecule has 2 heterocycles. The second-order valence-corrected chi connectivity index (χ2v) is 6.81. The monoisotopic (exact) mass is 347 g/mol. The molecule has 0 saturated carbocycles. The van der Waals surface area contributed by atoms with Crippen LogP contribution in [-0.2, 0) is 0 Å². The van der Waals surface area contributed by atoms with Crippen molar-refractivity contribution in [2.24, 2.45) is 0 Å². The maximum Gasteiger partial charge on any atom is 0.0458 e. The number of H-pyrrole nitrogens is 1. The third-order valence-corrected chi connectivity index (χ3v) is 4.66.